The third kappa shape index (κ3) is 3.32. The van der Waals surface area contributed by atoms with Gasteiger partial charge in [0.1, 0.15) is 5.69 Å². The first kappa shape index (κ1) is 13.5. The van der Waals surface area contributed by atoms with E-state index in [1.807, 2.05) is 16.8 Å². The zero-order valence-electron chi connectivity index (χ0n) is 10.7. The molecule has 2 aromatic rings. The van der Waals surface area contributed by atoms with E-state index in [1.54, 1.807) is 12.5 Å². The number of nitro benzene ring substituents is 1. The molecule has 0 aliphatic rings. The number of rotatable bonds is 6. The summed E-state index contributed by atoms with van der Waals surface area (Å²) in [5, 5.41) is 22.7. The minimum Gasteiger partial charge on any atom is -0.379 e. The number of anilines is 1. The molecule has 0 saturated heterocycles. The Labute approximate surface area is 115 Å². The fourth-order valence-corrected chi connectivity index (χ4v) is 1.81. The highest BCUT2D eigenvalue weighted by Crippen LogP contribution is 2.25. The summed E-state index contributed by atoms with van der Waals surface area (Å²) in [6.45, 7) is 1.35. The molecule has 0 unspecified atom stereocenters. The van der Waals surface area contributed by atoms with Crippen molar-refractivity contribution in [2.45, 2.75) is 13.0 Å². The molecule has 7 nitrogen and oxygen atoms in total. The van der Waals surface area contributed by atoms with Crippen molar-refractivity contribution < 1.29 is 4.92 Å². The molecule has 2 rings (SSSR count). The summed E-state index contributed by atoms with van der Waals surface area (Å²) in [7, 11) is 0. The highest BCUT2D eigenvalue weighted by atomic mass is 16.6. The molecular formula is C13H13N5O2. The molecule has 0 radical (unpaired) electrons. The first-order valence-electron chi connectivity index (χ1n) is 6.09. The van der Waals surface area contributed by atoms with Gasteiger partial charge in [0.25, 0.3) is 5.69 Å². The van der Waals surface area contributed by atoms with Crippen LogP contribution in [0.25, 0.3) is 0 Å². The van der Waals surface area contributed by atoms with Crippen LogP contribution in [-0.4, -0.2) is 21.0 Å². The van der Waals surface area contributed by atoms with Crippen molar-refractivity contribution in [1.29, 1.82) is 5.26 Å². The number of nitriles is 1. The van der Waals surface area contributed by atoms with Gasteiger partial charge in [-0.15, -0.1) is 0 Å². The first-order valence-corrected chi connectivity index (χ1v) is 6.09. The molecule has 20 heavy (non-hydrogen) atoms. The molecule has 1 aromatic carbocycles. The van der Waals surface area contributed by atoms with E-state index in [0.29, 0.717) is 17.8 Å². The first-order chi connectivity index (χ1) is 9.70. The van der Waals surface area contributed by atoms with Crippen molar-refractivity contribution >= 4 is 11.4 Å². The minimum absolute atomic E-state index is 0.0216. The van der Waals surface area contributed by atoms with Crippen molar-refractivity contribution in [1.82, 2.24) is 9.55 Å². The fraction of sp³-hybridized carbons (Fsp3) is 0.231. The van der Waals surface area contributed by atoms with Gasteiger partial charge in [-0.1, -0.05) is 0 Å². The maximum atomic E-state index is 10.9. The van der Waals surface area contributed by atoms with Gasteiger partial charge in [-0.3, -0.25) is 10.1 Å². The second-order valence-electron chi connectivity index (χ2n) is 4.18. The van der Waals surface area contributed by atoms with E-state index in [9.17, 15) is 10.1 Å². The van der Waals surface area contributed by atoms with Crippen LogP contribution in [0.4, 0.5) is 11.4 Å². The molecule has 0 bridgehead atoms. The number of aromatic nitrogens is 2. The summed E-state index contributed by atoms with van der Waals surface area (Å²) in [5.41, 5.74) is 0.749. The van der Waals surface area contributed by atoms with Gasteiger partial charge in [-0.25, -0.2) is 4.98 Å². The molecule has 7 heteroatoms. The van der Waals surface area contributed by atoms with Crippen LogP contribution in [0.2, 0.25) is 0 Å². The maximum Gasteiger partial charge on any atom is 0.292 e. The number of nitro groups is 1. The molecule has 1 N–H and O–H groups in total. The Morgan fingerprint density at radius 3 is 3.00 bits per heavy atom. The van der Waals surface area contributed by atoms with Gasteiger partial charge in [0.05, 0.1) is 22.9 Å². The molecule has 0 saturated carbocycles. The number of benzene rings is 1. The summed E-state index contributed by atoms with van der Waals surface area (Å²) in [6.07, 6.45) is 6.08. The summed E-state index contributed by atoms with van der Waals surface area (Å²) < 4.78 is 1.93. The van der Waals surface area contributed by atoms with E-state index in [1.165, 1.54) is 18.2 Å². The van der Waals surface area contributed by atoms with Gasteiger partial charge in [-0.05, 0) is 18.6 Å². The normalized spacial score (nSPS) is 9.95. The second kappa shape index (κ2) is 6.33. The van der Waals surface area contributed by atoms with Crippen molar-refractivity contribution in [3.8, 4) is 6.07 Å². The molecule has 0 aliphatic heterocycles. The average molecular weight is 271 g/mol. The number of nitrogens with zero attached hydrogens (tertiary/aromatic N) is 4. The highest BCUT2D eigenvalue weighted by Gasteiger charge is 2.13. The standard InChI is InChI=1S/C13H13N5O2/c14-9-11-2-3-13(18(19)20)12(8-11)16-4-1-6-17-7-5-15-10-17/h2-3,5,7-8,10,16H,1,4,6H2. The van der Waals surface area contributed by atoms with Crippen LogP contribution in [0.15, 0.2) is 36.9 Å². The van der Waals surface area contributed by atoms with Crippen LogP contribution in [0.1, 0.15) is 12.0 Å². The Morgan fingerprint density at radius 1 is 1.50 bits per heavy atom. The van der Waals surface area contributed by atoms with Crippen molar-refractivity contribution in [3.05, 3.63) is 52.6 Å². The monoisotopic (exact) mass is 271 g/mol. The number of imidazole rings is 1. The zero-order valence-corrected chi connectivity index (χ0v) is 10.7. The highest BCUT2D eigenvalue weighted by molar-refractivity contribution is 5.64. The lowest BCUT2D eigenvalue weighted by atomic mass is 10.2. The largest absolute Gasteiger partial charge is 0.379 e. The van der Waals surface area contributed by atoms with Crippen molar-refractivity contribution in [3.63, 3.8) is 0 Å². The van der Waals surface area contributed by atoms with Crippen molar-refractivity contribution in [2.24, 2.45) is 0 Å². The zero-order chi connectivity index (χ0) is 14.4. The quantitative estimate of drug-likeness (QED) is 0.493. The van der Waals surface area contributed by atoms with E-state index < -0.39 is 4.92 Å². The third-order valence-corrected chi connectivity index (χ3v) is 2.79. The molecule has 0 atom stereocenters. The Morgan fingerprint density at radius 2 is 2.35 bits per heavy atom. The molecule has 1 heterocycles. The lowest BCUT2D eigenvalue weighted by molar-refractivity contribution is -0.384. The molecule has 0 spiro atoms. The average Bonchev–Trinajstić information content (AvgIpc) is 2.96. The lowest BCUT2D eigenvalue weighted by Gasteiger charge is -2.07. The van der Waals surface area contributed by atoms with Gasteiger partial charge in [0.2, 0.25) is 0 Å². The van der Waals surface area contributed by atoms with Crippen LogP contribution in [0.5, 0.6) is 0 Å². The van der Waals surface area contributed by atoms with Gasteiger partial charge >= 0.3 is 0 Å². The molecule has 0 amide bonds. The number of hydrogen-bond acceptors (Lipinski definition) is 5. The van der Waals surface area contributed by atoms with Gasteiger partial charge in [0, 0.05) is 31.5 Å². The molecular weight excluding hydrogens is 258 g/mol. The third-order valence-electron chi connectivity index (χ3n) is 2.79. The molecule has 102 valence electrons. The van der Waals surface area contributed by atoms with E-state index in [-0.39, 0.29) is 5.69 Å². The molecule has 0 aliphatic carbocycles. The van der Waals surface area contributed by atoms with Gasteiger partial charge in [0.15, 0.2) is 0 Å². The van der Waals surface area contributed by atoms with Gasteiger partial charge < -0.3 is 9.88 Å². The Bertz CT molecular complexity index is 631. The number of hydrogen-bond donors (Lipinski definition) is 1. The number of aryl methyl sites for hydroxylation is 1. The maximum absolute atomic E-state index is 10.9. The summed E-state index contributed by atoms with van der Waals surface area (Å²) in [4.78, 5) is 14.4. The number of nitrogens with one attached hydrogen (secondary N) is 1. The lowest BCUT2D eigenvalue weighted by Crippen LogP contribution is -2.07. The summed E-state index contributed by atoms with van der Waals surface area (Å²) >= 11 is 0. The predicted molar refractivity (Wildman–Crippen MR) is 73.1 cm³/mol. The Balaban J connectivity index is 1.97. The van der Waals surface area contributed by atoms with Crippen LogP contribution in [0.3, 0.4) is 0 Å². The van der Waals surface area contributed by atoms with E-state index in [0.717, 1.165) is 13.0 Å². The van der Waals surface area contributed by atoms with Crippen LogP contribution in [-0.2, 0) is 6.54 Å². The predicted octanol–water partition coefficient (Wildman–Crippen LogP) is 2.17. The topological polar surface area (TPSA) is 96.8 Å². The Hall–Kier alpha value is -2.88. The van der Waals surface area contributed by atoms with E-state index >= 15 is 0 Å². The smallest absolute Gasteiger partial charge is 0.292 e. The van der Waals surface area contributed by atoms with E-state index in [2.05, 4.69) is 10.3 Å². The van der Waals surface area contributed by atoms with E-state index in [4.69, 9.17) is 5.26 Å². The van der Waals surface area contributed by atoms with Crippen LogP contribution >= 0.6 is 0 Å². The molecule has 0 fully saturated rings. The SMILES string of the molecule is N#Cc1ccc([N+](=O)[O-])c(NCCCn2ccnc2)c1. The van der Waals surface area contributed by atoms with Gasteiger partial charge in [-0.2, -0.15) is 5.26 Å². The summed E-state index contributed by atoms with van der Waals surface area (Å²) in [6, 6.07) is 6.25. The second-order valence-corrected chi connectivity index (χ2v) is 4.18. The van der Waals surface area contributed by atoms with Crippen LogP contribution < -0.4 is 5.32 Å². The fourth-order valence-electron chi connectivity index (χ4n) is 1.81. The minimum atomic E-state index is -0.459. The Kier molecular flexibility index (Phi) is 4.29. The molecule has 1 aromatic heterocycles. The summed E-state index contributed by atoms with van der Waals surface area (Å²) in [5.74, 6) is 0. The van der Waals surface area contributed by atoms with Crippen LogP contribution in [0, 0.1) is 21.4 Å². The van der Waals surface area contributed by atoms with Crippen molar-refractivity contribution in [2.75, 3.05) is 11.9 Å².